The zero-order valence-corrected chi connectivity index (χ0v) is 17.5. The summed E-state index contributed by atoms with van der Waals surface area (Å²) in [5.74, 6) is -2.04. The van der Waals surface area contributed by atoms with Crippen molar-refractivity contribution in [3.63, 3.8) is 0 Å². The van der Waals surface area contributed by atoms with Crippen molar-refractivity contribution in [3.8, 4) is 0 Å². The highest BCUT2D eigenvalue weighted by Gasteiger charge is 2.60. The number of imide groups is 1. The van der Waals surface area contributed by atoms with Crippen LogP contribution in [0.2, 0.25) is 0 Å². The van der Waals surface area contributed by atoms with E-state index in [1.165, 1.54) is 17.2 Å². The monoisotopic (exact) mass is 452 g/mol. The third kappa shape index (κ3) is 3.56. The van der Waals surface area contributed by atoms with Gasteiger partial charge in [0.05, 0.1) is 23.0 Å². The number of nitrogens with zero attached hydrogens (tertiary/aromatic N) is 2. The Morgan fingerprint density at radius 2 is 1.52 bits per heavy atom. The normalized spacial score (nSPS) is 22.7. The lowest BCUT2D eigenvalue weighted by Crippen LogP contribution is -2.37. The smallest absolute Gasteiger partial charge is 0.273 e. The molecule has 3 aromatic carbocycles. The Kier molecular flexibility index (Phi) is 4.97. The number of fused-ring (bicyclic) bond motifs is 1. The maximum atomic E-state index is 13.5. The second-order valence-electron chi connectivity index (χ2n) is 8.13. The van der Waals surface area contributed by atoms with Crippen LogP contribution in [0.3, 0.4) is 0 Å². The average molecular weight is 452 g/mol. The van der Waals surface area contributed by atoms with Crippen molar-refractivity contribution >= 4 is 23.2 Å². The molecular formula is C25H19F3N2O3. The van der Waals surface area contributed by atoms with E-state index in [4.69, 9.17) is 4.84 Å². The molecule has 0 aromatic heterocycles. The maximum Gasteiger partial charge on any atom is 0.416 e. The van der Waals surface area contributed by atoms with Gasteiger partial charge in [-0.25, -0.2) is 9.96 Å². The highest BCUT2D eigenvalue weighted by atomic mass is 19.4. The van der Waals surface area contributed by atoms with E-state index in [1.807, 2.05) is 6.92 Å². The number of halogens is 3. The van der Waals surface area contributed by atoms with Crippen molar-refractivity contribution in [1.29, 1.82) is 0 Å². The molecule has 0 aliphatic carbocycles. The van der Waals surface area contributed by atoms with E-state index in [2.05, 4.69) is 0 Å². The van der Waals surface area contributed by atoms with Crippen molar-refractivity contribution in [1.82, 2.24) is 0 Å². The summed E-state index contributed by atoms with van der Waals surface area (Å²) in [7, 11) is 0. The summed E-state index contributed by atoms with van der Waals surface area (Å²) >= 11 is 0. The molecule has 0 saturated carbocycles. The van der Waals surface area contributed by atoms with Gasteiger partial charge in [-0.15, -0.1) is 0 Å². The lowest BCUT2D eigenvalue weighted by Gasteiger charge is -2.29. The molecule has 2 heterocycles. The number of hydroxylamine groups is 1. The van der Waals surface area contributed by atoms with E-state index in [9.17, 15) is 22.8 Å². The summed E-state index contributed by atoms with van der Waals surface area (Å²) in [6.07, 6.45) is -5.69. The fourth-order valence-electron chi connectivity index (χ4n) is 4.40. The van der Waals surface area contributed by atoms with Crippen molar-refractivity contribution in [2.45, 2.75) is 25.2 Å². The number of carbonyl (C=O) groups excluding carboxylic acids is 2. The molecule has 2 saturated heterocycles. The Morgan fingerprint density at radius 1 is 0.818 bits per heavy atom. The fraction of sp³-hybridized carbons (Fsp3) is 0.200. The van der Waals surface area contributed by atoms with Crippen LogP contribution in [0, 0.1) is 12.8 Å². The van der Waals surface area contributed by atoms with Gasteiger partial charge in [0, 0.05) is 0 Å². The van der Waals surface area contributed by atoms with Crippen molar-refractivity contribution in [3.05, 3.63) is 95.6 Å². The Balaban J connectivity index is 1.60. The summed E-state index contributed by atoms with van der Waals surface area (Å²) in [5, 5.41) is 1.38. The number of benzene rings is 3. The Bertz CT molecular complexity index is 1210. The first kappa shape index (κ1) is 21.2. The number of hydrogen-bond acceptors (Lipinski definition) is 4. The van der Waals surface area contributed by atoms with Gasteiger partial charge in [-0.3, -0.25) is 14.4 Å². The predicted molar refractivity (Wildman–Crippen MR) is 115 cm³/mol. The molecule has 3 aromatic rings. The molecule has 2 aliphatic heterocycles. The maximum absolute atomic E-state index is 13.5. The number of aryl methyl sites for hydroxylation is 1. The van der Waals surface area contributed by atoms with Gasteiger partial charge in [0.15, 0.2) is 6.10 Å². The van der Waals surface area contributed by atoms with E-state index in [-0.39, 0.29) is 5.56 Å². The molecule has 5 rings (SSSR count). The number of amides is 2. The first-order valence-corrected chi connectivity index (χ1v) is 10.4. The third-order valence-corrected chi connectivity index (χ3v) is 5.97. The van der Waals surface area contributed by atoms with Crippen LogP contribution in [0.1, 0.15) is 22.7 Å². The van der Waals surface area contributed by atoms with E-state index >= 15 is 0 Å². The molecule has 33 heavy (non-hydrogen) atoms. The van der Waals surface area contributed by atoms with Gasteiger partial charge in [-0.05, 0) is 48.9 Å². The zero-order chi connectivity index (χ0) is 23.3. The van der Waals surface area contributed by atoms with Crippen molar-refractivity contribution < 1.29 is 27.6 Å². The van der Waals surface area contributed by atoms with Crippen molar-refractivity contribution in [2.75, 3.05) is 9.96 Å². The molecule has 8 heteroatoms. The zero-order valence-electron chi connectivity index (χ0n) is 17.5. The molecule has 168 valence electrons. The van der Waals surface area contributed by atoms with Crippen LogP contribution in [0.4, 0.5) is 24.5 Å². The summed E-state index contributed by atoms with van der Waals surface area (Å²) in [6, 6.07) is 19.5. The number of alkyl halides is 3. The Hall–Kier alpha value is -3.65. The van der Waals surface area contributed by atoms with Gasteiger partial charge in [0.2, 0.25) is 5.91 Å². The average Bonchev–Trinajstić information content (AvgIpc) is 3.31. The Labute approximate surface area is 187 Å². The largest absolute Gasteiger partial charge is 0.416 e. The highest BCUT2D eigenvalue weighted by Crippen LogP contribution is 2.48. The number of carbonyl (C=O) groups is 2. The molecule has 5 nitrogen and oxygen atoms in total. The van der Waals surface area contributed by atoms with Gasteiger partial charge in [-0.2, -0.15) is 13.2 Å². The van der Waals surface area contributed by atoms with Crippen molar-refractivity contribution in [2.24, 2.45) is 5.92 Å². The highest BCUT2D eigenvalue weighted by molar-refractivity contribution is 6.23. The number of anilines is 2. The van der Waals surface area contributed by atoms with E-state index in [0.717, 1.165) is 22.6 Å². The number of rotatable bonds is 3. The van der Waals surface area contributed by atoms with Gasteiger partial charge < -0.3 is 0 Å². The lowest BCUT2D eigenvalue weighted by molar-refractivity contribution is -0.137. The van der Waals surface area contributed by atoms with Crippen LogP contribution in [0.25, 0.3) is 0 Å². The second-order valence-corrected chi connectivity index (χ2v) is 8.13. The lowest BCUT2D eigenvalue weighted by atomic mass is 9.89. The molecule has 2 aliphatic rings. The molecule has 0 radical (unpaired) electrons. The predicted octanol–water partition coefficient (Wildman–Crippen LogP) is 5.06. The molecule has 0 N–H and O–H groups in total. The number of hydrogen-bond donors (Lipinski definition) is 0. The summed E-state index contributed by atoms with van der Waals surface area (Å²) in [6.45, 7) is 1.89. The fourth-order valence-corrected chi connectivity index (χ4v) is 4.40. The van der Waals surface area contributed by atoms with E-state index < -0.39 is 41.6 Å². The minimum Gasteiger partial charge on any atom is -0.273 e. The molecule has 2 amide bonds. The second kappa shape index (κ2) is 7.74. The molecular weight excluding hydrogens is 433 g/mol. The van der Waals surface area contributed by atoms with Crippen LogP contribution in [0.15, 0.2) is 78.9 Å². The summed E-state index contributed by atoms with van der Waals surface area (Å²) in [5.41, 5.74) is 1.32. The van der Waals surface area contributed by atoms with Crippen LogP contribution in [0.5, 0.6) is 0 Å². The van der Waals surface area contributed by atoms with Crippen LogP contribution < -0.4 is 9.96 Å². The molecule has 0 bridgehead atoms. The number of para-hydroxylation sites is 1. The topological polar surface area (TPSA) is 49.9 Å². The standard InChI is InChI=1S/C25H19F3N2O3/c1-15-10-12-18(13-11-15)29-23(31)20-21(16-6-5-7-17(14-16)25(26,27)28)30(33-22(20)24(29)32)19-8-3-2-4-9-19/h2-14,20-22H,1H3/t20-,21-,22-/m1/s1. The Morgan fingerprint density at radius 3 is 2.18 bits per heavy atom. The SMILES string of the molecule is Cc1ccc(N2C(=O)[C@@H]3[C@@H](c4cccc(C(F)(F)F)c4)N(c4ccccc4)O[C@H]3C2=O)cc1. The molecule has 2 fully saturated rings. The van der Waals surface area contributed by atoms with E-state index in [0.29, 0.717) is 11.4 Å². The van der Waals surface area contributed by atoms with Crippen LogP contribution in [-0.2, 0) is 20.6 Å². The molecule has 3 atom stereocenters. The molecule has 0 unspecified atom stereocenters. The van der Waals surface area contributed by atoms with E-state index in [1.54, 1.807) is 54.6 Å². The van der Waals surface area contributed by atoms with Gasteiger partial charge in [0.1, 0.15) is 5.92 Å². The summed E-state index contributed by atoms with van der Waals surface area (Å²) in [4.78, 5) is 33.8. The third-order valence-electron chi connectivity index (χ3n) is 5.97. The van der Waals surface area contributed by atoms with Crippen LogP contribution in [-0.4, -0.2) is 17.9 Å². The van der Waals surface area contributed by atoms with Gasteiger partial charge >= 0.3 is 6.18 Å². The first-order chi connectivity index (χ1) is 15.8. The minimum absolute atomic E-state index is 0.244. The van der Waals surface area contributed by atoms with Gasteiger partial charge in [0.25, 0.3) is 5.91 Å². The molecule has 0 spiro atoms. The summed E-state index contributed by atoms with van der Waals surface area (Å²) < 4.78 is 40.3. The first-order valence-electron chi connectivity index (χ1n) is 10.4. The van der Waals surface area contributed by atoms with Gasteiger partial charge in [-0.1, -0.05) is 48.0 Å². The quantitative estimate of drug-likeness (QED) is 0.521. The van der Waals surface area contributed by atoms with Crippen LogP contribution >= 0.6 is 0 Å². The minimum atomic E-state index is -4.55.